The Kier molecular flexibility index (Phi) is 3.85. The van der Waals surface area contributed by atoms with E-state index >= 15 is 0 Å². The highest BCUT2D eigenvalue weighted by Crippen LogP contribution is 2.30. The van der Waals surface area contributed by atoms with Crippen LogP contribution >= 0.6 is 11.6 Å². The first-order chi connectivity index (χ1) is 8.49. The van der Waals surface area contributed by atoms with Gasteiger partial charge in [0, 0.05) is 12.6 Å². The minimum absolute atomic E-state index is 0.0656. The number of hydrogen-bond donors (Lipinski definition) is 0. The highest BCUT2D eigenvalue weighted by atomic mass is 35.5. The van der Waals surface area contributed by atoms with Crippen LogP contribution in [0.1, 0.15) is 37.0 Å². The molecule has 1 aliphatic rings. The topological polar surface area (TPSA) is 33.2 Å². The van der Waals surface area contributed by atoms with Gasteiger partial charge in [0.25, 0.3) is 5.91 Å². The fourth-order valence-electron chi connectivity index (χ4n) is 1.90. The number of carbonyl (C=O) groups excluding carboxylic acids is 1. The molecular weight excluding hydrogens is 255 g/mol. The van der Waals surface area contributed by atoms with Gasteiger partial charge in [0.1, 0.15) is 11.0 Å². The minimum atomic E-state index is -0.539. The summed E-state index contributed by atoms with van der Waals surface area (Å²) in [5.74, 6) is -0.388. The average molecular weight is 271 g/mol. The average Bonchev–Trinajstić information content (AvgIpc) is 3.12. The van der Waals surface area contributed by atoms with Crippen LogP contribution < -0.4 is 0 Å². The second kappa shape index (κ2) is 5.22. The first-order valence-corrected chi connectivity index (χ1v) is 6.49. The number of rotatable bonds is 4. The molecule has 0 spiro atoms. The number of pyridine rings is 1. The zero-order chi connectivity index (χ0) is 13.3. The molecule has 3 nitrogen and oxygen atoms in total. The summed E-state index contributed by atoms with van der Waals surface area (Å²) in [5.41, 5.74) is 0.157. The normalized spacial score (nSPS) is 14.9. The van der Waals surface area contributed by atoms with E-state index in [1.807, 2.05) is 13.8 Å². The van der Waals surface area contributed by atoms with E-state index in [4.69, 9.17) is 11.6 Å². The molecule has 1 aromatic heterocycles. The fraction of sp³-hybridized carbons (Fsp3) is 0.538. The van der Waals surface area contributed by atoms with Gasteiger partial charge < -0.3 is 4.90 Å². The molecule has 1 heterocycles. The van der Waals surface area contributed by atoms with Crippen molar-refractivity contribution in [1.82, 2.24) is 9.88 Å². The Morgan fingerprint density at radius 3 is 2.83 bits per heavy atom. The summed E-state index contributed by atoms with van der Waals surface area (Å²) in [7, 11) is 0. The van der Waals surface area contributed by atoms with E-state index in [0.717, 1.165) is 25.1 Å². The molecule has 98 valence electrons. The molecule has 0 saturated heterocycles. The Morgan fingerprint density at radius 1 is 1.61 bits per heavy atom. The number of hydrogen-bond acceptors (Lipinski definition) is 2. The van der Waals surface area contributed by atoms with Crippen molar-refractivity contribution < 1.29 is 9.18 Å². The second-order valence-electron chi connectivity index (χ2n) is 5.07. The van der Waals surface area contributed by atoms with Crippen LogP contribution in [0.4, 0.5) is 4.39 Å². The molecule has 0 bridgehead atoms. The van der Waals surface area contributed by atoms with Crippen LogP contribution in [0.25, 0.3) is 0 Å². The number of amides is 1. The van der Waals surface area contributed by atoms with E-state index in [-0.39, 0.29) is 22.7 Å². The molecule has 2 rings (SSSR count). The molecule has 1 saturated carbocycles. The SMILES string of the molecule is CC(C)CN(C(=O)c1cc(F)cnc1Cl)C1CC1. The summed E-state index contributed by atoms with van der Waals surface area (Å²) in [6.45, 7) is 4.76. The van der Waals surface area contributed by atoms with Crippen LogP contribution in [-0.2, 0) is 0 Å². The van der Waals surface area contributed by atoms with Crippen LogP contribution in [0.3, 0.4) is 0 Å². The van der Waals surface area contributed by atoms with Crippen molar-refractivity contribution in [2.45, 2.75) is 32.7 Å². The Bertz CT molecular complexity index is 460. The highest BCUT2D eigenvalue weighted by molar-refractivity contribution is 6.32. The molecule has 0 radical (unpaired) electrons. The lowest BCUT2D eigenvalue weighted by Gasteiger charge is -2.24. The maximum atomic E-state index is 13.2. The first-order valence-electron chi connectivity index (χ1n) is 6.11. The fourth-order valence-corrected chi connectivity index (χ4v) is 2.09. The van der Waals surface area contributed by atoms with Crippen molar-refractivity contribution in [2.75, 3.05) is 6.54 Å². The highest BCUT2D eigenvalue weighted by Gasteiger charge is 2.34. The third kappa shape index (κ3) is 2.99. The molecule has 0 aromatic carbocycles. The van der Waals surface area contributed by atoms with Gasteiger partial charge in [0.2, 0.25) is 0 Å². The van der Waals surface area contributed by atoms with E-state index in [1.165, 1.54) is 0 Å². The Morgan fingerprint density at radius 2 is 2.28 bits per heavy atom. The molecule has 18 heavy (non-hydrogen) atoms. The molecule has 0 unspecified atom stereocenters. The van der Waals surface area contributed by atoms with Crippen molar-refractivity contribution in [3.8, 4) is 0 Å². The van der Waals surface area contributed by atoms with Gasteiger partial charge in [0.05, 0.1) is 11.8 Å². The van der Waals surface area contributed by atoms with Gasteiger partial charge in [-0.15, -0.1) is 0 Å². The van der Waals surface area contributed by atoms with Gasteiger partial charge in [-0.2, -0.15) is 0 Å². The Labute approximate surface area is 111 Å². The number of nitrogens with zero attached hydrogens (tertiary/aromatic N) is 2. The molecule has 0 aliphatic heterocycles. The van der Waals surface area contributed by atoms with E-state index < -0.39 is 5.82 Å². The Hall–Kier alpha value is -1.16. The van der Waals surface area contributed by atoms with Crippen molar-refractivity contribution in [2.24, 2.45) is 5.92 Å². The quantitative estimate of drug-likeness (QED) is 0.788. The summed E-state index contributed by atoms with van der Waals surface area (Å²) < 4.78 is 13.2. The molecule has 1 aromatic rings. The summed E-state index contributed by atoms with van der Waals surface area (Å²) >= 11 is 5.87. The van der Waals surface area contributed by atoms with Crippen molar-refractivity contribution in [1.29, 1.82) is 0 Å². The zero-order valence-electron chi connectivity index (χ0n) is 10.5. The van der Waals surface area contributed by atoms with Crippen LogP contribution in [0.15, 0.2) is 12.3 Å². The molecular formula is C13H16ClFN2O. The summed E-state index contributed by atoms with van der Waals surface area (Å²) in [6, 6.07) is 1.44. The minimum Gasteiger partial charge on any atom is -0.335 e. The van der Waals surface area contributed by atoms with Crippen molar-refractivity contribution >= 4 is 17.5 Å². The second-order valence-corrected chi connectivity index (χ2v) is 5.43. The first kappa shape index (κ1) is 13.3. The van der Waals surface area contributed by atoms with Gasteiger partial charge in [-0.3, -0.25) is 4.79 Å². The van der Waals surface area contributed by atoms with Crippen LogP contribution in [-0.4, -0.2) is 28.4 Å². The van der Waals surface area contributed by atoms with Gasteiger partial charge in [-0.25, -0.2) is 9.37 Å². The van der Waals surface area contributed by atoms with Crippen LogP contribution in [0, 0.1) is 11.7 Å². The van der Waals surface area contributed by atoms with Gasteiger partial charge >= 0.3 is 0 Å². The smallest absolute Gasteiger partial charge is 0.257 e. The third-order valence-corrected chi connectivity index (χ3v) is 3.15. The summed E-state index contributed by atoms with van der Waals surface area (Å²) in [4.78, 5) is 17.8. The zero-order valence-corrected chi connectivity index (χ0v) is 11.2. The Balaban J connectivity index is 2.24. The van der Waals surface area contributed by atoms with E-state index in [9.17, 15) is 9.18 Å². The van der Waals surface area contributed by atoms with Gasteiger partial charge in [0.15, 0.2) is 0 Å². The largest absolute Gasteiger partial charge is 0.335 e. The van der Waals surface area contributed by atoms with Gasteiger partial charge in [-0.05, 0) is 24.8 Å². The van der Waals surface area contributed by atoms with Crippen molar-refractivity contribution in [3.63, 3.8) is 0 Å². The predicted molar refractivity (Wildman–Crippen MR) is 68.1 cm³/mol. The maximum absolute atomic E-state index is 13.2. The molecule has 1 fully saturated rings. The molecule has 5 heteroatoms. The van der Waals surface area contributed by atoms with Crippen molar-refractivity contribution in [3.05, 3.63) is 28.8 Å². The number of aromatic nitrogens is 1. The number of carbonyl (C=O) groups is 1. The number of halogens is 2. The summed E-state index contributed by atoms with van der Waals surface area (Å²) in [6.07, 6.45) is 3.04. The lowest BCUT2D eigenvalue weighted by molar-refractivity contribution is 0.0721. The summed E-state index contributed by atoms with van der Waals surface area (Å²) in [5, 5.41) is 0.0656. The molecule has 1 aliphatic carbocycles. The standard InChI is InChI=1S/C13H16ClFN2O/c1-8(2)7-17(10-3-4-10)13(18)11-5-9(15)6-16-12(11)14/h5-6,8,10H,3-4,7H2,1-2H3. The van der Waals surface area contributed by atoms with E-state index in [1.54, 1.807) is 4.90 Å². The maximum Gasteiger partial charge on any atom is 0.257 e. The predicted octanol–water partition coefficient (Wildman–Crippen LogP) is 3.13. The van der Waals surface area contributed by atoms with E-state index in [2.05, 4.69) is 4.98 Å². The van der Waals surface area contributed by atoms with Crippen LogP contribution in [0.2, 0.25) is 5.15 Å². The van der Waals surface area contributed by atoms with Gasteiger partial charge in [-0.1, -0.05) is 25.4 Å². The molecule has 0 N–H and O–H groups in total. The lowest BCUT2D eigenvalue weighted by Crippen LogP contribution is -2.36. The lowest BCUT2D eigenvalue weighted by atomic mass is 10.1. The van der Waals surface area contributed by atoms with Crippen LogP contribution in [0.5, 0.6) is 0 Å². The third-order valence-electron chi connectivity index (χ3n) is 2.85. The molecule has 0 atom stereocenters. The monoisotopic (exact) mass is 270 g/mol. The van der Waals surface area contributed by atoms with E-state index in [0.29, 0.717) is 12.5 Å². The molecule has 1 amide bonds.